The van der Waals surface area contributed by atoms with E-state index in [2.05, 4.69) is 49.1 Å². The summed E-state index contributed by atoms with van der Waals surface area (Å²) in [7, 11) is 1.71. The molecule has 7 heteroatoms. The van der Waals surface area contributed by atoms with Gasteiger partial charge in [0.15, 0.2) is 11.2 Å². The molecule has 33 heavy (non-hydrogen) atoms. The molecule has 1 aliphatic rings. The van der Waals surface area contributed by atoms with E-state index in [0.717, 1.165) is 31.0 Å². The van der Waals surface area contributed by atoms with E-state index in [-0.39, 0.29) is 11.2 Å². The van der Waals surface area contributed by atoms with Crippen LogP contribution in [0.2, 0.25) is 0 Å². The molecule has 5 rings (SSSR count). The first-order valence-corrected chi connectivity index (χ1v) is 11.5. The van der Waals surface area contributed by atoms with Crippen molar-refractivity contribution in [1.29, 1.82) is 0 Å². The minimum atomic E-state index is -0.314. The highest BCUT2D eigenvalue weighted by Gasteiger charge is 2.29. The van der Waals surface area contributed by atoms with Gasteiger partial charge in [0.1, 0.15) is 0 Å². The highest BCUT2D eigenvalue weighted by atomic mass is 16.2. The van der Waals surface area contributed by atoms with Gasteiger partial charge in [-0.1, -0.05) is 49.4 Å². The molecule has 1 atom stereocenters. The van der Waals surface area contributed by atoms with Gasteiger partial charge in [-0.2, -0.15) is 4.98 Å². The lowest BCUT2D eigenvalue weighted by Gasteiger charge is -2.33. The summed E-state index contributed by atoms with van der Waals surface area (Å²) in [6, 6.07) is 18.4. The molecule has 0 bridgehead atoms. The van der Waals surface area contributed by atoms with Crippen molar-refractivity contribution in [1.82, 2.24) is 18.7 Å². The summed E-state index contributed by atoms with van der Waals surface area (Å²) in [5, 5.41) is 0. The maximum absolute atomic E-state index is 13.6. The van der Waals surface area contributed by atoms with Crippen molar-refractivity contribution in [2.45, 2.75) is 39.8 Å². The molecular weight excluding hydrogens is 414 g/mol. The number of aromatic nitrogens is 4. The molecule has 0 saturated heterocycles. The van der Waals surface area contributed by atoms with Crippen LogP contribution in [0.3, 0.4) is 0 Å². The summed E-state index contributed by atoms with van der Waals surface area (Å²) < 4.78 is 4.89. The molecule has 0 saturated carbocycles. The normalized spacial score (nSPS) is 15.7. The zero-order valence-corrected chi connectivity index (χ0v) is 19.4. The first-order valence-electron chi connectivity index (χ1n) is 11.5. The number of anilines is 2. The van der Waals surface area contributed by atoms with Gasteiger partial charge in [-0.25, -0.2) is 4.79 Å². The van der Waals surface area contributed by atoms with Crippen LogP contribution in [0.5, 0.6) is 0 Å². The van der Waals surface area contributed by atoms with Crippen LogP contribution >= 0.6 is 0 Å². The third-order valence-corrected chi connectivity index (χ3v) is 6.45. The predicted molar refractivity (Wildman–Crippen MR) is 131 cm³/mol. The van der Waals surface area contributed by atoms with Crippen LogP contribution < -0.4 is 16.1 Å². The van der Waals surface area contributed by atoms with Crippen LogP contribution in [-0.2, 0) is 26.6 Å². The third kappa shape index (κ3) is 3.77. The molecule has 0 N–H and O–H groups in total. The van der Waals surface area contributed by atoms with Gasteiger partial charge in [0, 0.05) is 32.4 Å². The van der Waals surface area contributed by atoms with E-state index in [1.165, 1.54) is 20.3 Å². The Morgan fingerprint density at radius 3 is 2.58 bits per heavy atom. The lowest BCUT2D eigenvalue weighted by atomic mass is 10.1. The van der Waals surface area contributed by atoms with Gasteiger partial charge in [0.25, 0.3) is 5.56 Å². The van der Waals surface area contributed by atoms with E-state index in [1.807, 2.05) is 28.8 Å². The summed E-state index contributed by atoms with van der Waals surface area (Å²) in [5.41, 5.74) is 3.81. The first-order chi connectivity index (χ1) is 15.9. The Morgan fingerprint density at radius 1 is 1.03 bits per heavy atom. The number of fused-ring (bicyclic) bond motifs is 3. The molecule has 0 fully saturated rings. The van der Waals surface area contributed by atoms with Crippen molar-refractivity contribution >= 4 is 22.8 Å². The van der Waals surface area contributed by atoms with Crippen LogP contribution in [0.25, 0.3) is 11.2 Å². The summed E-state index contributed by atoms with van der Waals surface area (Å²) >= 11 is 0. The highest BCUT2D eigenvalue weighted by molar-refractivity contribution is 5.77. The SMILES string of the molecule is Cc1cccc(N2CC(C)Cn3c2nc2c3c(=O)n(CCCc3ccccc3)c(=O)n2C)c1. The smallest absolute Gasteiger partial charge is 0.312 e. The van der Waals surface area contributed by atoms with Gasteiger partial charge in [0.2, 0.25) is 5.95 Å². The Bertz CT molecular complexity index is 1430. The van der Waals surface area contributed by atoms with E-state index in [4.69, 9.17) is 4.98 Å². The molecule has 0 spiro atoms. The lowest BCUT2D eigenvalue weighted by molar-refractivity contribution is 0.457. The van der Waals surface area contributed by atoms with E-state index < -0.39 is 0 Å². The van der Waals surface area contributed by atoms with Gasteiger partial charge in [-0.3, -0.25) is 13.9 Å². The molecule has 170 valence electrons. The molecule has 1 unspecified atom stereocenters. The van der Waals surface area contributed by atoms with Crippen LogP contribution in [0.1, 0.15) is 24.5 Å². The molecule has 3 heterocycles. The quantitative estimate of drug-likeness (QED) is 0.473. The number of imidazole rings is 1. The maximum atomic E-state index is 13.6. The monoisotopic (exact) mass is 443 g/mol. The van der Waals surface area contributed by atoms with Gasteiger partial charge >= 0.3 is 5.69 Å². The summed E-state index contributed by atoms with van der Waals surface area (Å²) in [6.07, 6.45) is 1.54. The fourth-order valence-corrected chi connectivity index (χ4v) is 4.80. The number of nitrogens with zero attached hydrogens (tertiary/aromatic N) is 5. The third-order valence-electron chi connectivity index (χ3n) is 6.45. The van der Waals surface area contributed by atoms with E-state index in [1.54, 1.807) is 7.05 Å². The minimum absolute atomic E-state index is 0.252. The molecule has 2 aromatic heterocycles. The number of hydrogen-bond acceptors (Lipinski definition) is 4. The molecule has 1 aliphatic heterocycles. The van der Waals surface area contributed by atoms with E-state index in [0.29, 0.717) is 30.2 Å². The first kappa shape index (κ1) is 21.2. The van der Waals surface area contributed by atoms with Crippen molar-refractivity contribution in [2.24, 2.45) is 13.0 Å². The maximum Gasteiger partial charge on any atom is 0.332 e. The molecule has 0 radical (unpaired) electrons. The molecule has 0 amide bonds. The van der Waals surface area contributed by atoms with Crippen molar-refractivity contribution in [3.63, 3.8) is 0 Å². The largest absolute Gasteiger partial charge is 0.332 e. The van der Waals surface area contributed by atoms with Gasteiger partial charge in [0.05, 0.1) is 0 Å². The Balaban J connectivity index is 1.58. The van der Waals surface area contributed by atoms with E-state index >= 15 is 0 Å². The Morgan fingerprint density at radius 2 is 1.82 bits per heavy atom. The summed E-state index contributed by atoms with van der Waals surface area (Å²) in [5.74, 6) is 1.06. The second-order valence-electron chi connectivity index (χ2n) is 9.14. The highest BCUT2D eigenvalue weighted by Crippen LogP contribution is 2.33. The standard InChI is InChI=1S/C26H29N5O2/c1-18-9-7-13-21(15-18)30-16-19(2)17-31-22-23(27-25(30)31)28(3)26(33)29(24(22)32)14-8-12-20-10-5-4-6-11-20/h4-7,9-11,13,15,19H,8,12,14,16-17H2,1-3H3. The lowest BCUT2D eigenvalue weighted by Crippen LogP contribution is -2.40. The van der Waals surface area contributed by atoms with Crippen LogP contribution in [0.15, 0.2) is 64.2 Å². The van der Waals surface area contributed by atoms with Crippen LogP contribution in [0, 0.1) is 12.8 Å². The Labute approximate surface area is 192 Å². The minimum Gasteiger partial charge on any atom is -0.312 e. The van der Waals surface area contributed by atoms with Gasteiger partial charge in [-0.15, -0.1) is 0 Å². The topological polar surface area (TPSA) is 65.1 Å². The Hall–Kier alpha value is -3.61. The molecular formula is C26H29N5O2. The summed E-state index contributed by atoms with van der Waals surface area (Å²) in [6.45, 7) is 6.14. The zero-order valence-electron chi connectivity index (χ0n) is 19.4. The Kier molecular flexibility index (Phi) is 5.40. The number of rotatable bonds is 5. The van der Waals surface area contributed by atoms with Crippen molar-refractivity contribution < 1.29 is 0 Å². The second kappa shape index (κ2) is 8.39. The fraction of sp³-hybridized carbons (Fsp3) is 0.346. The molecule has 2 aromatic carbocycles. The predicted octanol–water partition coefficient (Wildman–Crippen LogP) is 3.63. The zero-order chi connectivity index (χ0) is 23.1. The molecule has 0 aliphatic carbocycles. The molecule has 4 aromatic rings. The second-order valence-corrected chi connectivity index (χ2v) is 9.14. The molecule has 7 nitrogen and oxygen atoms in total. The van der Waals surface area contributed by atoms with Crippen LogP contribution in [0.4, 0.5) is 11.6 Å². The van der Waals surface area contributed by atoms with E-state index in [9.17, 15) is 9.59 Å². The number of benzene rings is 2. The van der Waals surface area contributed by atoms with Crippen molar-refractivity contribution in [3.05, 3.63) is 86.6 Å². The average Bonchev–Trinajstić information content (AvgIpc) is 3.19. The number of aryl methyl sites for hydroxylation is 3. The van der Waals surface area contributed by atoms with Crippen molar-refractivity contribution in [3.8, 4) is 0 Å². The van der Waals surface area contributed by atoms with Gasteiger partial charge < -0.3 is 9.47 Å². The summed E-state index contributed by atoms with van der Waals surface area (Å²) in [4.78, 5) is 33.6. The van der Waals surface area contributed by atoms with Crippen molar-refractivity contribution in [2.75, 3.05) is 11.4 Å². The number of hydrogen-bond donors (Lipinski definition) is 0. The average molecular weight is 444 g/mol. The van der Waals surface area contributed by atoms with Gasteiger partial charge in [-0.05, 0) is 48.9 Å². The fourth-order valence-electron chi connectivity index (χ4n) is 4.80. The van der Waals surface area contributed by atoms with Crippen LogP contribution in [-0.4, -0.2) is 25.2 Å².